The zero-order chi connectivity index (χ0) is 19.5. The van der Waals surface area contributed by atoms with Crippen LogP contribution in [0.5, 0.6) is 11.5 Å². The Morgan fingerprint density at radius 2 is 1.70 bits per heavy atom. The molecule has 0 aliphatic rings. The maximum absolute atomic E-state index is 11.1. The molecule has 0 amide bonds. The number of methoxy groups -OCH3 is 1. The third kappa shape index (κ3) is 6.92. The first kappa shape index (κ1) is 20.7. The molecule has 0 spiro atoms. The van der Waals surface area contributed by atoms with Crippen molar-refractivity contribution in [3.8, 4) is 11.5 Å². The zero-order valence-electron chi connectivity index (χ0n) is 15.5. The lowest BCUT2D eigenvalue weighted by Gasteiger charge is -2.11. The molecule has 146 valence electrons. The number of esters is 1. The van der Waals surface area contributed by atoms with Crippen LogP contribution >= 0.6 is 0 Å². The number of unbranched alkanes of at least 4 members (excludes halogenated alkanes) is 1. The minimum atomic E-state index is -0.203. The van der Waals surface area contributed by atoms with Crippen LogP contribution in [0.2, 0.25) is 0 Å². The van der Waals surface area contributed by atoms with Gasteiger partial charge in [0.1, 0.15) is 18.1 Å². The Morgan fingerprint density at radius 3 is 2.44 bits per heavy atom. The van der Waals surface area contributed by atoms with Crippen molar-refractivity contribution in [2.45, 2.75) is 39.1 Å². The average Bonchev–Trinajstić information content (AvgIpc) is 2.71. The van der Waals surface area contributed by atoms with Crippen LogP contribution in [0.1, 0.15) is 36.0 Å². The predicted molar refractivity (Wildman–Crippen MR) is 100 cm³/mol. The molecule has 2 N–H and O–H groups in total. The highest BCUT2D eigenvalue weighted by atomic mass is 16.5. The van der Waals surface area contributed by atoms with Gasteiger partial charge in [-0.1, -0.05) is 18.2 Å². The average molecular weight is 374 g/mol. The first-order valence-corrected chi connectivity index (χ1v) is 8.91. The van der Waals surface area contributed by atoms with E-state index in [2.05, 4.69) is 4.74 Å². The number of ether oxygens (including phenoxy) is 3. The number of carbonyl (C=O) groups excluding carboxylic acids is 1. The summed E-state index contributed by atoms with van der Waals surface area (Å²) in [5, 5.41) is 18.6. The van der Waals surface area contributed by atoms with Crippen molar-refractivity contribution in [1.82, 2.24) is 0 Å². The van der Waals surface area contributed by atoms with Crippen LogP contribution in [0.3, 0.4) is 0 Å². The summed E-state index contributed by atoms with van der Waals surface area (Å²) in [6.45, 7) is 0.633. The van der Waals surface area contributed by atoms with E-state index in [1.807, 2.05) is 24.3 Å². The van der Waals surface area contributed by atoms with E-state index in [1.54, 1.807) is 18.2 Å². The summed E-state index contributed by atoms with van der Waals surface area (Å²) in [5.74, 6) is 1.18. The Bertz CT molecular complexity index is 728. The Hall–Kier alpha value is -2.57. The second-order valence-electron chi connectivity index (χ2n) is 6.06. The van der Waals surface area contributed by atoms with Gasteiger partial charge in [-0.2, -0.15) is 0 Å². The molecule has 2 aromatic rings. The summed E-state index contributed by atoms with van der Waals surface area (Å²) in [6, 6.07) is 12.9. The molecule has 0 atom stereocenters. The van der Waals surface area contributed by atoms with Gasteiger partial charge in [0, 0.05) is 6.42 Å². The van der Waals surface area contributed by atoms with Gasteiger partial charge in [-0.05, 0) is 53.8 Å². The molecule has 6 heteroatoms. The third-order valence-corrected chi connectivity index (χ3v) is 4.09. The molecule has 0 saturated carbocycles. The number of benzene rings is 2. The number of aliphatic hydroxyl groups excluding tert-OH is 2. The van der Waals surface area contributed by atoms with E-state index in [0.29, 0.717) is 36.5 Å². The van der Waals surface area contributed by atoms with Crippen LogP contribution in [0, 0.1) is 0 Å². The van der Waals surface area contributed by atoms with Gasteiger partial charge in [0.2, 0.25) is 0 Å². The minimum absolute atomic E-state index is 0.116. The van der Waals surface area contributed by atoms with E-state index < -0.39 is 0 Å². The van der Waals surface area contributed by atoms with Crippen molar-refractivity contribution >= 4 is 5.97 Å². The van der Waals surface area contributed by atoms with Gasteiger partial charge in [-0.15, -0.1) is 0 Å². The molecular weight excluding hydrogens is 348 g/mol. The SMILES string of the molecule is COC(=O)CCCCOc1cccc(COc2ccc(CO)c(CO)c2)c1. The van der Waals surface area contributed by atoms with E-state index in [9.17, 15) is 15.0 Å². The maximum Gasteiger partial charge on any atom is 0.305 e. The second kappa shape index (κ2) is 11.2. The van der Waals surface area contributed by atoms with E-state index in [-0.39, 0.29) is 19.2 Å². The summed E-state index contributed by atoms with van der Waals surface area (Å²) < 4.78 is 16.1. The fraction of sp³-hybridized carbons (Fsp3) is 0.381. The molecule has 0 radical (unpaired) electrons. The fourth-order valence-corrected chi connectivity index (χ4v) is 2.55. The van der Waals surface area contributed by atoms with Gasteiger partial charge in [0.15, 0.2) is 0 Å². The van der Waals surface area contributed by atoms with E-state index in [1.165, 1.54) is 7.11 Å². The molecule has 0 fully saturated rings. The molecule has 2 aromatic carbocycles. The van der Waals surface area contributed by atoms with Gasteiger partial charge in [0.05, 0.1) is 26.9 Å². The zero-order valence-corrected chi connectivity index (χ0v) is 15.5. The monoisotopic (exact) mass is 374 g/mol. The first-order valence-electron chi connectivity index (χ1n) is 8.91. The van der Waals surface area contributed by atoms with Crippen LogP contribution < -0.4 is 9.47 Å². The van der Waals surface area contributed by atoms with Crippen LogP contribution in [0.4, 0.5) is 0 Å². The summed E-state index contributed by atoms with van der Waals surface area (Å²) >= 11 is 0. The number of rotatable bonds is 11. The third-order valence-electron chi connectivity index (χ3n) is 4.09. The van der Waals surface area contributed by atoms with Gasteiger partial charge < -0.3 is 24.4 Å². The number of hydrogen-bond donors (Lipinski definition) is 2. The molecule has 0 aliphatic carbocycles. The number of hydrogen-bond acceptors (Lipinski definition) is 6. The van der Waals surface area contributed by atoms with Crippen molar-refractivity contribution in [3.63, 3.8) is 0 Å². The molecule has 0 aromatic heterocycles. The molecule has 6 nitrogen and oxygen atoms in total. The molecule has 0 bridgehead atoms. The van der Waals surface area contributed by atoms with Crippen LogP contribution in [-0.4, -0.2) is 29.9 Å². The van der Waals surface area contributed by atoms with Crippen molar-refractivity contribution < 1.29 is 29.2 Å². The summed E-state index contributed by atoms with van der Waals surface area (Å²) in [6.07, 6.45) is 1.90. The lowest BCUT2D eigenvalue weighted by atomic mass is 10.1. The minimum Gasteiger partial charge on any atom is -0.494 e. The standard InChI is InChI=1S/C21H26O6/c1-25-21(24)7-2-3-10-26-19-6-4-5-16(11-19)15-27-20-9-8-17(13-22)18(12-20)14-23/h4-6,8-9,11-12,22-23H,2-3,7,10,13-15H2,1H3. The normalized spacial score (nSPS) is 10.5. The maximum atomic E-state index is 11.1. The molecule has 0 unspecified atom stereocenters. The summed E-state index contributed by atoms with van der Waals surface area (Å²) in [4.78, 5) is 11.1. The van der Waals surface area contributed by atoms with Crippen LogP contribution in [0.25, 0.3) is 0 Å². The van der Waals surface area contributed by atoms with Crippen molar-refractivity contribution in [2.24, 2.45) is 0 Å². The lowest BCUT2D eigenvalue weighted by molar-refractivity contribution is -0.140. The molecule has 0 saturated heterocycles. The summed E-state index contributed by atoms with van der Waals surface area (Å²) in [5.41, 5.74) is 2.30. The predicted octanol–water partition coefficient (Wildman–Crippen LogP) is 2.97. The molecule has 2 rings (SSSR count). The largest absolute Gasteiger partial charge is 0.494 e. The Balaban J connectivity index is 1.82. The molecular formula is C21H26O6. The van der Waals surface area contributed by atoms with Crippen LogP contribution in [0.15, 0.2) is 42.5 Å². The van der Waals surface area contributed by atoms with Gasteiger partial charge in [0.25, 0.3) is 0 Å². The van der Waals surface area contributed by atoms with Crippen molar-refractivity contribution in [3.05, 3.63) is 59.2 Å². The Morgan fingerprint density at radius 1 is 0.926 bits per heavy atom. The Kier molecular flexibility index (Phi) is 8.61. The van der Waals surface area contributed by atoms with Gasteiger partial charge in [-0.3, -0.25) is 4.79 Å². The molecule has 27 heavy (non-hydrogen) atoms. The fourth-order valence-electron chi connectivity index (χ4n) is 2.55. The van der Waals surface area contributed by atoms with E-state index in [0.717, 1.165) is 24.2 Å². The quantitative estimate of drug-likeness (QED) is 0.465. The number of carbonyl (C=O) groups is 1. The van der Waals surface area contributed by atoms with Crippen LogP contribution in [-0.2, 0) is 29.4 Å². The highest BCUT2D eigenvalue weighted by Gasteiger charge is 2.05. The van der Waals surface area contributed by atoms with E-state index >= 15 is 0 Å². The highest BCUT2D eigenvalue weighted by Crippen LogP contribution is 2.21. The Labute approximate surface area is 159 Å². The molecule has 0 heterocycles. The smallest absolute Gasteiger partial charge is 0.305 e. The number of aliphatic hydroxyl groups is 2. The second-order valence-corrected chi connectivity index (χ2v) is 6.06. The van der Waals surface area contributed by atoms with E-state index in [4.69, 9.17) is 9.47 Å². The van der Waals surface area contributed by atoms with Gasteiger partial charge in [-0.25, -0.2) is 0 Å². The van der Waals surface area contributed by atoms with Gasteiger partial charge >= 0.3 is 5.97 Å². The van der Waals surface area contributed by atoms with Crippen molar-refractivity contribution in [1.29, 1.82) is 0 Å². The first-order chi connectivity index (χ1) is 13.2. The topological polar surface area (TPSA) is 85.2 Å². The lowest BCUT2D eigenvalue weighted by Crippen LogP contribution is -2.03. The van der Waals surface area contributed by atoms with Crippen molar-refractivity contribution in [2.75, 3.05) is 13.7 Å². The highest BCUT2D eigenvalue weighted by molar-refractivity contribution is 5.68. The summed E-state index contributed by atoms with van der Waals surface area (Å²) in [7, 11) is 1.39. The molecule has 0 aliphatic heterocycles.